The van der Waals surface area contributed by atoms with Gasteiger partial charge >= 0.3 is 0 Å². The highest BCUT2D eigenvalue weighted by Crippen LogP contribution is 2.30. The molecule has 9 heteroatoms. The van der Waals surface area contributed by atoms with Crippen LogP contribution in [0.5, 0.6) is 0 Å². The number of hydrogen-bond acceptors (Lipinski definition) is 4. The second kappa shape index (κ2) is 7.17. The van der Waals surface area contributed by atoms with Crippen molar-refractivity contribution < 1.29 is 17.9 Å². The molecule has 2 N–H and O–H groups in total. The summed E-state index contributed by atoms with van der Waals surface area (Å²) >= 11 is 12.1. The Morgan fingerprint density at radius 1 is 1.21 bits per heavy atom. The number of benzene rings is 1. The van der Waals surface area contributed by atoms with Gasteiger partial charge in [0.25, 0.3) is 5.91 Å². The Hall–Kier alpha value is -0.860. The van der Waals surface area contributed by atoms with E-state index < -0.39 is 15.9 Å². The van der Waals surface area contributed by atoms with Gasteiger partial charge in [0.1, 0.15) is 4.90 Å². The van der Waals surface area contributed by atoms with Crippen molar-refractivity contribution in [3.8, 4) is 0 Å². The summed E-state index contributed by atoms with van der Waals surface area (Å²) in [5.74, 6) is -0.449. The molecule has 0 bridgehead atoms. The van der Waals surface area contributed by atoms with E-state index >= 15 is 0 Å². The highest BCUT2D eigenvalue weighted by molar-refractivity contribution is 7.89. The van der Waals surface area contributed by atoms with E-state index in [2.05, 4.69) is 10.0 Å². The molecule has 1 amide bonds. The van der Waals surface area contributed by atoms with Crippen LogP contribution in [0.25, 0.3) is 0 Å². The van der Waals surface area contributed by atoms with Crippen molar-refractivity contribution in [2.45, 2.75) is 42.7 Å². The summed E-state index contributed by atoms with van der Waals surface area (Å²) in [4.78, 5) is 12.2. The van der Waals surface area contributed by atoms with Crippen molar-refractivity contribution in [2.24, 2.45) is 0 Å². The lowest BCUT2D eigenvalue weighted by molar-refractivity contribution is 0.0857. The number of ether oxygens (including phenoxy) is 1. The van der Waals surface area contributed by atoms with Gasteiger partial charge in [-0.25, -0.2) is 13.1 Å². The summed E-state index contributed by atoms with van der Waals surface area (Å²) in [7, 11) is -3.78. The lowest BCUT2D eigenvalue weighted by Gasteiger charge is -2.13. The van der Waals surface area contributed by atoms with Crippen molar-refractivity contribution in [1.82, 2.24) is 10.0 Å². The van der Waals surface area contributed by atoms with Crippen LogP contribution >= 0.6 is 23.2 Å². The molecule has 0 radical (unpaired) electrons. The summed E-state index contributed by atoms with van der Waals surface area (Å²) in [6.07, 6.45) is 3.45. The van der Waals surface area contributed by atoms with Crippen LogP contribution in [0.15, 0.2) is 17.0 Å². The van der Waals surface area contributed by atoms with Crippen molar-refractivity contribution >= 4 is 39.1 Å². The minimum Gasteiger partial charge on any atom is -0.376 e. The summed E-state index contributed by atoms with van der Waals surface area (Å²) < 4.78 is 32.7. The lowest BCUT2D eigenvalue weighted by atomic mass is 10.2. The van der Waals surface area contributed by atoms with Crippen molar-refractivity contribution in [3.05, 3.63) is 27.7 Å². The van der Waals surface area contributed by atoms with Gasteiger partial charge in [-0.3, -0.25) is 4.79 Å². The van der Waals surface area contributed by atoms with Crippen LogP contribution in [-0.4, -0.2) is 39.6 Å². The monoisotopic (exact) mass is 392 g/mol. The molecule has 24 heavy (non-hydrogen) atoms. The van der Waals surface area contributed by atoms with Crippen LogP contribution in [-0.2, 0) is 14.8 Å². The molecule has 1 heterocycles. The van der Waals surface area contributed by atoms with Gasteiger partial charge in [0, 0.05) is 19.2 Å². The first-order chi connectivity index (χ1) is 11.4. The summed E-state index contributed by atoms with van der Waals surface area (Å²) in [5.41, 5.74) is 0.0789. The second-order valence-electron chi connectivity index (χ2n) is 6.00. The number of rotatable bonds is 6. The number of sulfonamides is 1. The second-order valence-corrected chi connectivity index (χ2v) is 8.50. The largest absolute Gasteiger partial charge is 0.376 e. The molecular formula is C15H18Cl2N2O4S. The zero-order valence-corrected chi connectivity index (χ0v) is 15.2. The van der Waals surface area contributed by atoms with Crippen LogP contribution in [0.2, 0.25) is 10.0 Å². The van der Waals surface area contributed by atoms with Crippen LogP contribution < -0.4 is 10.0 Å². The fraction of sp³-hybridized carbons (Fsp3) is 0.533. The first-order valence-electron chi connectivity index (χ1n) is 7.78. The normalized spacial score (nSPS) is 21.0. The maximum Gasteiger partial charge on any atom is 0.252 e. The molecule has 2 aliphatic rings. The van der Waals surface area contributed by atoms with E-state index in [0.29, 0.717) is 13.2 Å². The Kier molecular flexibility index (Phi) is 5.36. The molecule has 1 aromatic carbocycles. The highest BCUT2D eigenvalue weighted by Gasteiger charge is 2.30. The van der Waals surface area contributed by atoms with Gasteiger partial charge < -0.3 is 10.1 Å². The van der Waals surface area contributed by atoms with E-state index in [1.807, 2.05) is 0 Å². The molecule has 0 spiro atoms. The minimum atomic E-state index is -3.78. The fourth-order valence-corrected chi connectivity index (χ4v) is 4.66. The van der Waals surface area contributed by atoms with Gasteiger partial charge in [-0.05, 0) is 37.8 Å². The van der Waals surface area contributed by atoms with E-state index in [4.69, 9.17) is 27.9 Å². The molecular weight excluding hydrogens is 375 g/mol. The highest BCUT2D eigenvalue weighted by atomic mass is 35.5. The van der Waals surface area contributed by atoms with Gasteiger partial charge in [0.15, 0.2) is 0 Å². The molecule has 132 valence electrons. The van der Waals surface area contributed by atoms with Gasteiger partial charge in [-0.2, -0.15) is 0 Å². The molecule has 2 fully saturated rings. The number of carbonyl (C=O) groups is 1. The Morgan fingerprint density at radius 2 is 1.96 bits per heavy atom. The molecule has 0 aromatic heterocycles. The quantitative estimate of drug-likeness (QED) is 0.777. The third kappa shape index (κ3) is 4.21. The Bertz CT molecular complexity index is 744. The molecule has 1 saturated carbocycles. The third-order valence-corrected chi connectivity index (χ3v) is 6.27. The molecule has 1 aliphatic heterocycles. The first kappa shape index (κ1) is 17.9. The number of halogens is 2. The number of amides is 1. The third-order valence-electron chi connectivity index (χ3n) is 3.97. The number of carbonyl (C=O) groups excluding carboxylic acids is 1. The van der Waals surface area contributed by atoms with Crippen molar-refractivity contribution in [3.63, 3.8) is 0 Å². The maximum atomic E-state index is 12.4. The summed E-state index contributed by atoms with van der Waals surface area (Å²) in [5, 5.41) is 2.82. The molecule has 3 rings (SSSR count). The fourth-order valence-electron chi connectivity index (χ4n) is 2.50. The van der Waals surface area contributed by atoms with E-state index in [0.717, 1.165) is 25.7 Å². The van der Waals surface area contributed by atoms with E-state index in [1.165, 1.54) is 12.1 Å². The maximum absolute atomic E-state index is 12.4. The molecule has 1 saturated heterocycles. The van der Waals surface area contributed by atoms with E-state index in [1.54, 1.807) is 0 Å². The molecule has 1 aliphatic carbocycles. The average molecular weight is 393 g/mol. The predicted molar refractivity (Wildman–Crippen MR) is 91.1 cm³/mol. The summed E-state index contributed by atoms with van der Waals surface area (Å²) in [6, 6.07) is 2.45. The van der Waals surface area contributed by atoms with Gasteiger partial charge in [0.2, 0.25) is 10.0 Å². The van der Waals surface area contributed by atoms with E-state index in [9.17, 15) is 13.2 Å². The molecule has 0 unspecified atom stereocenters. The average Bonchev–Trinajstić information content (AvgIpc) is 3.15. The van der Waals surface area contributed by atoms with Crippen LogP contribution in [0.1, 0.15) is 36.0 Å². The summed E-state index contributed by atoms with van der Waals surface area (Å²) in [6.45, 7) is 1.05. The van der Waals surface area contributed by atoms with Crippen LogP contribution in [0.4, 0.5) is 0 Å². The smallest absolute Gasteiger partial charge is 0.252 e. The van der Waals surface area contributed by atoms with Crippen LogP contribution in [0.3, 0.4) is 0 Å². The molecule has 6 nitrogen and oxygen atoms in total. The zero-order valence-electron chi connectivity index (χ0n) is 12.8. The van der Waals surface area contributed by atoms with Crippen molar-refractivity contribution in [1.29, 1.82) is 0 Å². The predicted octanol–water partition coefficient (Wildman–Crippen LogP) is 2.34. The van der Waals surface area contributed by atoms with Gasteiger partial charge in [0.05, 0.1) is 21.7 Å². The zero-order chi connectivity index (χ0) is 17.3. The standard InChI is InChI=1S/C15H18Cl2N2O4S/c16-12-7-13(17)14(24(21,22)19-9-3-4-9)6-11(12)15(20)18-8-10-2-1-5-23-10/h6-7,9-10,19H,1-5,8H2,(H,18,20)/t10-/m0/s1. The first-order valence-corrected chi connectivity index (χ1v) is 10.0. The van der Waals surface area contributed by atoms with Crippen LogP contribution in [0, 0.1) is 0 Å². The van der Waals surface area contributed by atoms with Crippen molar-refractivity contribution in [2.75, 3.05) is 13.2 Å². The molecule has 1 atom stereocenters. The Morgan fingerprint density at radius 3 is 2.58 bits per heavy atom. The van der Waals surface area contributed by atoms with E-state index in [-0.39, 0.29) is 32.7 Å². The Balaban J connectivity index is 1.79. The van der Waals surface area contributed by atoms with Gasteiger partial charge in [-0.15, -0.1) is 0 Å². The minimum absolute atomic E-state index is 0.0103. The topological polar surface area (TPSA) is 84.5 Å². The van der Waals surface area contributed by atoms with Gasteiger partial charge in [-0.1, -0.05) is 23.2 Å². The lowest BCUT2D eigenvalue weighted by Crippen LogP contribution is -2.32. The SMILES string of the molecule is O=C(NC[C@@H]1CCCO1)c1cc(S(=O)(=O)NC2CC2)c(Cl)cc1Cl. The molecule has 1 aromatic rings. The number of hydrogen-bond donors (Lipinski definition) is 2. The Labute approximate surface area is 150 Å². The number of nitrogens with one attached hydrogen (secondary N) is 2.